The minimum atomic E-state index is 0.0998. The largest absolute Gasteiger partial charge is 0.374 e. The summed E-state index contributed by atoms with van der Waals surface area (Å²) < 4.78 is 6.64. The third-order valence-electron chi connectivity index (χ3n) is 10.1. The van der Waals surface area contributed by atoms with E-state index < -0.39 is 0 Å². The van der Waals surface area contributed by atoms with Crippen molar-refractivity contribution < 1.29 is 9.53 Å². The molecule has 2 saturated carbocycles. The van der Waals surface area contributed by atoms with Crippen LogP contribution in [0.4, 0.5) is 0 Å². The van der Waals surface area contributed by atoms with Crippen LogP contribution in [0.25, 0.3) is 0 Å². The molecule has 0 amide bonds. The molecule has 32 heavy (non-hydrogen) atoms. The van der Waals surface area contributed by atoms with Crippen LogP contribution in [0.1, 0.15) is 102 Å². The summed E-state index contributed by atoms with van der Waals surface area (Å²) in [6.45, 7) is 8.09. The number of allylic oxidation sites excluding steroid dienone is 4. The highest BCUT2D eigenvalue weighted by atomic mass is 16.5. The van der Waals surface area contributed by atoms with Crippen LogP contribution in [0, 0.1) is 17.3 Å². The predicted octanol–water partition coefficient (Wildman–Crippen LogP) is 7.26. The Morgan fingerprint density at radius 1 is 1.03 bits per heavy atom. The van der Waals surface area contributed by atoms with Crippen LogP contribution >= 0.6 is 0 Å². The summed E-state index contributed by atoms with van der Waals surface area (Å²) in [5, 5.41) is 0. The van der Waals surface area contributed by atoms with E-state index in [0.29, 0.717) is 30.0 Å². The number of rotatable bonds is 2. The van der Waals surface area contributed by atoms with E-state index in [2.05, 4.69) is 45.0 Å². The van der Waals surface area contributed by atoms with Gasteiger partial charge in [0.1, 0.15) is 0 Å². The second kappa shape index (κ2) is 7.42. The SMILES string of the molecule is CC(C)c1ccc([C@H]2C[C@@]3(C)[C@@H](CC[C@@]34CCCO4)[C@@H]3CCC4=CC(=O)CCC4=C32)cc1. The van der Waals surface area contributed by atoms with E-state index in [1.54, 1.807) is 11.1 Å². The van der Waals surface area contributed by atoms with Gasteiger partial charge >= 0.3 is 0 Å². The van der Waals surface area contributed by atoms with Crippen LogP contribution in [0.3, 0.4) is 0 Å². The van der Waals surface area contributed by atoms with Gasteiger partial charge in [0.15, 0.2) is 5.78 Å². The molecule has 4 aliphatic carbocycles. The number of benzene rings is 1. The van der Waals surface area contributed by atoms with Crippen molar-refractivity contribution in [3.63, 3.8) is 0 Å². The average Bonchev–Trinajstić information content (AvgIpc) is 3.39. The zero-order chi connectivity index (χ0) is 22.1. The number of hydrogen-bond donors (Lipinski definition) is 0. The first-order valence-corrected chi connectivity index (χ1v) is 13.1. The lowest BCUT2D eigenvalue weighted by Gasteiger charge is -2.55. The molecule has 0 N–H and O–H groups in total. The van der Waals surface area contributed by atoms with Gasteiger partial charge in [-0.1, -0.05) is 50.6 Å². The molecule has 1 saturated heterocycles. The van der Waals surface area contributed by atoms with E-state index in [1.165, 1.54) is 55.2 Å². The zero-order valence-corrected chi connectivity index (χ0v) is 20.1. The van der Waals surface area contributed by atoms with Crippen molar-refractivity contribution in [2.45, 2.75) is 96.0 Å². The van der Waals surface area contributed by atoms with Crippen molar-refractivity contribution in [2.75, 3.05) is 6.61 Å². The molecule has 1 aromatic carbocycles. The first-order valence-electron chi connectivity index (χ1n) is 13.1. The van der Waals surface area contributed by atoms with Crippen molar-refractivity contribution in [3.8, 4) is 0 Å². The summed E-state index contributed by atoms with van der Waals surface area (Å²) in [6.07, 6.45) is 12.2. The van der Waals surface area contributed by atoms with Crippen LogP contribution in [-0.4, -0.2) is 18.0 Å². The molecule has 5 aliphatic rings. The van der Waals surface area contributed by atoms with E-state index in [9.17, 15) is 4.79 Å². The lowest BCUT2D eigenvalue weighted by molar-refractivity contribution is -0.114. The van der Waals surface area contributed by atoms with Gasteiger partial charge in [0.05, 0.1) is 5.60 Å². The highest BCUT2D eigenvalue weighted by Gasteiger charge is 2.64. The summed E-state index contributed by atoms with van der Waals surface area (Å²) in [6, 6.07) is 9.54. The highest BCUT2D eigenvalue weighted by Crippen LogP contribution is 2.69. The van der Waals surface area contributed by atoms with Gasteiger partial charge in [0.2, 0.25) is 0 Å². The lowest BCUT2D eigenvalue weighted by Crippen LogP contribution is -2.51. The Bertz CT molecular complexity index is 988. The Kier molecular flexibility index (Phi) is 4.85. The topological polar surface area (TPSA) is 26.3 Å². The van der Waals surface area contributed by atoms with E-state index in [0.717, 1.165) is 25.4 Å². The number of fused-ring (bicyclic) bond motifs is 5. The number of carbonyl (C=O) groups excluding carboxylic acids is 1. The van der Waals surface area contributed by atoms with Crippen molar-refractivity contribution in [1.82, 2.24) is 0 Å². The minimum absolute atomic E-state index is 0.0998. The third kappa shape index (κ3) is 2.91. The smallest absolute Gasteiger partial charge is 0.156 e. The predicted molar refractivity (Wildman–Crippen MR) is 129 cm³/mol. The molecule has 6 rings (SSSR count). The quantitative estimate of drug-likeness (QED) is 0.493. The number of ketones is 1. The van der Waals surface area contributed by atoms with Gasteiger partial charge in [-0.3, -0.25) is 4.79 Å². The molecule has 0 unspecified atom stereocenters. The third-order valence-corrected chi connectivity index (χ3v) is 10.1. The Morgan fingerprint density at radius 3 is 2.56 bits per heavy atom. The molecule has 0 aromatic heterocycles. The summed E-state index contributed by atoms with van der Waals surface area (Å²) >= 11 is 0. The fourth-order valence-electron chi connectivity index (χ4n) is 8.50. The first-order chi connectivity index (χ1) is 15.4. The van der Waals surface area contributed by atoms with Crippen LogP contribution in [-0.2, 0) is 9.53 Å². The van der Waals surface area contributed by atoms with Crippen LogP contribution in [0.15, 0.2) is 47.1 Å². The van der Waals surface area contributed by atoms with Gasteiger partial charge in [-0.2, -0.15) is 0 Å². The summed E-state index contributed by atoms with van der Waals surface area (Å²) in [4.78, 5) is 12.2. The van der Waals surface area contributed by atoms with Gasteiger partial charge in [-0.25, -0.2) is 0 Å². The molecule has 1 spiro atoms. The molecule has 2 nitrogen and oxygen atoms in total. The van der Waals surface area contributed by atoms with Crippen LogP contribution in [0.2, 0.25) is 0 Å². The fraction of sp³-hybridized carbons (Fsp3) is 0.633. The Balaban J connectivity index is 1.50. The Labute approximate surface area is 193 Å². The standard InChI is InChI=1S/C30H38O2/c1-19(2)20-5-7-21(8-6-20)26-18-29(3)27(13-15-30(29)14-4-16-32-30)25-11-9-22-17-23(31)10-12-24(22)28(25)26/h5-8,17,19,25-27H,4,9-16,18H2,1-3H3/t25-,26+,27-,29-,30-/m0/s1. The maximum atomic E-state index is 12.2. The molecule has 1 aromatic rings. The van der Waals surface area contributed by atoms with Gasteiger partial charge in [0.25, 0.3) is 0 Å². The Morgan fingerprint density at radius 2 is 1.84 bits per heavy atom. The average molecular weight is 431 g/mol. The van der Waals surface area contributed by atoms with E-state index >= 15 is 0 Å². The lowest BCUT2D eigenvalue weighted by atomic mass is 9.51. The molecule has 170 valence electrons. The first kappa shape index (κ1) is 20.9. The fourth-order valence-corrected chi connectivity index (χ4v) is 8.50. The van der Waals surface area contributed by atoms with Crippen molar-refractivity contribution in [1.29, 1.82) is 0 Å². The van der Waals surface area contributed by atoms with Gasteiger partial charge < -0.3 is 4.74 Å². The Hall–Kier alpha value is -1.67. The maximum Gasteiger partial charge on any atom is 0.156 e. The van der Waals surface area contributed by atoms with E-state index in [-0.39, 0.29) is 11.0 Å². The summed E-state index contributed by atoms with van der Waals surface area (Å²) in [5.41, 5.74) is 7.91. The highest BCUT2D eigenvalue weighted by molar-refractivity contribution is 5.93. The van der Waals surface area contributed by atoms with E-state index in [1.807, 2.05) is 6.08 Å². The molecule has 2 heteroatoms. The molecule has 3 fully saturated rings. The van der Waals surface area contributed by atoms with E-state index in [4.69, 9.17) is 4.74 Å². The monoisotopic (exact) mass is 430 g/mol. The number of hydrogen-bond acceptors (Lipinski definition) is 2. The normalized spacial score (nSPS) is 38.7. The van der Waals surface area contributed by atoms with Crippen LogP contribution in [0.5, 0.6) is 0 Å². The molecule has 1 heterocycles. The molecular formula is C30H38O2. The van der Waals surface area contributed by atoms with Gasteiger partial charge in [0, 0.05) is 24.4 Å². The van der Waals surface area contributed by atoms with Crippen molar-refractivity contribution in [2.24, 2.45) is 17.3 Å². The van der Waals surface area contributed by atoms with Crippen molar-refractivity contribution >= 4 is 5.78 Å². The molecule has 0 bridgehead atoms. The second-order valence-corrected chi connectivity index (χ2v) is 11.8. The summed E-state index contributed by atoms with van der Waals surface area (Å²) in [7, 11) is 0. The second-order valence-electron chi connectivity index (χ2n) is 11.8. The molecule has 1 aliphatic heterocycles. The van der Waals surface area contributed by atoms with Crippen molar-refractivity contribution in [3.05, 3.63) is 58.2 Å². The minimum Gasteiger partial charge on any atom is -0.374 e. The van der Waals surface area contributed by atoms with Crippen LogP contribution < -0.4 is 0 Å². The molecule has 5 atom stereocenters. The van der Waals surface area contributed by atoms with Gasteiger partial charge in [-0.15, -0.1) is 0 Å². The molecular weight excluding hydrogens is 392 g/mol. The molecule has 0 radical (unpaired) electrons. The number of carbonyl (C=O) groups is 1. The van der Waals surface area contributed by atoms with Gasteiger partial charge in [-0.05, 0) is 97.5 Å². The maximum absolute atomic E-state index is 12.2. The number of ether oxygens (including phenoxy) is 1. The zero-order valence-electron chi connectivity index (χ0n) is 20.1. The summed E-state index contributed by atoms with van der Waals surface area (Å²) in [5.74, 6) is 2.75.